The Morgan fingerprint density at radius 3 is 2.19 bits per heavy atom. The second-order valence-electron chi connectivity index (χ2n) is 4.88. The van der Waals surface area contributed by atoms with Gasteiger partial charge in [0.25, 0.3) is 0 Å². The summed E-state index contributed by atoms with van der Waals surface area (Å²) in [7, 11) is 5.72. The van der Waals surface area contributed by atoms with Crippen LogP contribution in [0, 0.1) is 0 Å². The van der Waals surface area contributed by atoms with Crippen LogP contribution in [-0.4, -0.2) is 55.3 Å². The van der Waals surface area contributed by atoms with Gasteiger partial charge in [0.1, 0.15) is 6.54 Å². The normalized spacial score (nSPS) is 13.0. The van der Waals surface area contributed by atoms with Crippen LogP contribution in [0.2, 0.25) is 0 Å². The molecule has 0 fully saturated rings. The Bertz CT molecular complexity index is 291. The number of carbonyl (C=O) groups is 2. The zero-order chi connectivity index (χ0) is 12.9. The second kappa shape index (κ2) is 5.65. The summed E-state index contributed by atoms with van der Waals surface area (Å²) in [5.41, 5.74) is 0.275. The van der Waals surface area contributed by atoms with Crippen molar-refractivity contribution in [1.29, 1.82) is 0 Å². The molecule has 0 aliphatic rings. The van der Waals surface area contributed by atoms with Crippen molar-refractivity contribution in [1.82, 2.24) is 0 Å². The molecule has 0 aromatic rings. The van der Waals surface area contributed by atoms with E-state index in [9.17, 15) is 9.59 Å². The molecule has 0 aromatic carbocycles. The van der Waals surface area contributed by atoms with Crippen LogP contribution < -0.4 is 0 Å². The van der Waals surface area contributed by atoms with Crippen LogP contribution in [0.1, 0.15) is 13.3 Å². The third-order valence-corrected chi connectivity index (χ3v) is 1.78. The van der Waals surface area contributed by atoms with Crippen LogP contribution >= 0.6 is 0 Å². The summed E-state index contributed by atoms with van der Waals surface area (Å²) < 4.78 is 5.59. The number of esters is 1. The van der Waals surface area contributed by atoms with Gasteiger partial charge >= 0.3 is 11.9 Å². The van der Waals surface area contributed by atoms with Crippen molar-refractivity contribution < 1.29 is 23.9 Å². The molecule has 5 nitrogen and oxygen atoms in total. The number of carboxylic acid groups (broad SMARTS) is 1. The fourth-order valence-corrected chi connectivity index (χ4v) is 1.20. The SMILES string of the molecule is C=C(C)C(=O)O[C@H](CC(=O)O)C[N+](C)(C)C. The summed E-state index contributed by atoms with van der Waals surface area (Å²) >= 11 is 0. The van der Waals surface area contributed by atoms with Crippen LogP contribution in [-0.2, 0) is 14.3 Å². The number of likely N-dealkylation sites (N-methyl/N-ethyl adjacent to an activating group) is 1. The van der Waals surface area contributed by atoms with Crippen molar-refractivity contribution in [2.45, 2.75) is 19.4 Å². The third kappa shape index (κ3) is 7.00. The molecule has 0 amide bonds. The average Bonchev–Trinajstić information content (AvgIpc) is 1.98. The minimum atomic E-state index is -0.979. The van der Waals surface area contributed by atoms with E-state index < -0.39 is 18.0 Å². The second-order valence-corrected chi connectivity index (χ2v) is 4.88. The molecule has 0 aliphatic carbocycles. The molecular weight excluding hydrogens is 210 g/mol. The van der Waals surface area contributed by atoms with Crippen molar-refractivity contribution >= 4 is 11.9 Å². The molecule has 0 spiro atoms. The number of nitrogens with zero attached hydrogens (tertiary/aromatic N) is 1. The molecule has 92 valence electrons. The number of ether oxygens (including phenoxy) is 1. The molecule has 0 aromatic heterocycles. The lowest BCUT2D eigenvalue weighted by molar-refractivity contribution is -0.873. The van der Waals surface area contributed by atoms with E-state index in [4.69, 9.17) is 9.84 Å². The van der Waals surface area contributed by atoms with Gasteiger partial charge in [0.2, 0.25) is 0 Å². The third-order valence-electron chi connectivity index (χ3n) is 1.78. The molecule has 16 heavy (non-hydrogen) atoms. The van der Waals surface area contributed by atoms with Crippen LogP contribution in [0.25, 0.3) is 0 Å². The lowest BCUT2D eigenvalue weighted by atomic mass is 10.2. The molecule has 1 atom stereocenters. The lowest BCUT2D eigenvalue weighted by Gasteiger charge is -2.28. The number of quaternary nitrogens is 1. The Balaban J connectivity index is 4.49. The smallest absolute Gasteiger partial charge is 0.333 e. The number of aliphatic carboxylic acids is 1. The van der Waals surface area contributed by atoms with E-state index in [1.54, 1.807) is 0 Å². The molecule has 0 unspecified atom stereocenters. The van der Waals surface area contributed by atoms with Crippen LogP contribution in [0.4, 0.5) is 0 Å². The monoisotopic (exact) mass is 230 g/mol. The van der Waals surface area contributed by atoms with Crippen LogP contribution in [0.15, 0.2) is 12.2 Å². The number of carbonyl (C=O) groups excluding carboxylic acids is 1. The molecule has 1 N–H and O–H groups in total. The van der Waals surface area contributed by atoms with Crippen molar-refractivity contribution in [3.63, 3.8) is 0 Å². The van der Waals surface area contributed by atoms with Crippen LogP contribution in [0.3, 0.4) is 0 Å². The van der Waals surface area contributed by atoms with Crippen molar-refractivity contribution in [2.75, 3.05) is 27.7 Å². The van der Waals surface area contributed by atoms with E-state index in [0.29, 0.717) is 11.0 Å². The molecule has 0 radical (unpaired) electrons. The maximum Gasteiger partial charge on any atom is 0.333 e. The van der Waals surface area contributed by atoms with Crippen molar-refractivity contribution in [2.24, 2.45) is 0 Å². The molecule has 0 saturated carbocycles. The van der Waals surface area contributed by atoms with Gasteiger partial charge in [0.05, 0.1) is 27.6 Å². The molecule has 0 heterocycles. The number of rotatable bonds is 6. The predicted molar refractivity (Wildman–Crippen MR) is 59.8 cm³/mol. The van der Waals surface area contributed by atoms with Gasteiger partial charge in [0.15, 0.2) is 6.10 Å². The first-order valence-corrected chi connectivity index (χ1v) is 5.00. The highest BCUT2D eigenvalue weighted by atomic mass is 16.5. The number of hydrogen-bond acceptors (Lipinski definition) is 3. The predicted octanol–water partition coefficient (Wildman–Crippen LogP) is 0.655. The highest BCUT2D eigenvalue weighted by Crippen LogP contribution is 2.07. The quantitative estimate of drug-likeness (QED) is 0.413. The maximum absolute atomic E-state index is 11.3. The Morgan fingerprint density at radius 2 is 1.88 bits per heavy atom. The van der Waals surface area contributed by atoms with Gasteiger partial charge in [-0.15, -0.1) is 0 Å². The fourth-order valence-electron chi connectivity index (χ4n) is 1.20. The fraction of sp³-hybridized carbons (Fsp3) is 0.636. The summed E-state index contributed by atoms with van der Waals surface area (Å²) in [6, 6.07) is 0. The first kappa shape index (κ1) is 14.6. The molecule has 0 saturated heterocycles. The largest absolute Gasteiger partial charge is 0.481 e. The van der Waals surface area contributed by atoms with Gasteiger partial charge in [0, 0.05) is 5.57 Å². The van der Waals surface area contributed by atoms with E-state index in [0.717, 1.165) is 0 Å². The van der Waals surface area contributed by atoms with E-state index in [1.165, 1.54) is 6.92 Å². The van der Waals surface area contributed by atoms with E-state index in [2.05, 4.69) is 6.58 Å². The van der Waals surface area contributed by atoms with Gasteiger partial charge in [-0.25, -0.2) is 4.79 Å². The highest BCUT2D eigenvalue weighted by Gasteiger charge is 2.24. The number of carboxylic acids is 1. The minimum Gasteiger partial charge on any atom is -0.481 e. The summed E-state index contributed by atoms with van der Waals surface area (Å²) in [6.45, 7) is 5.44. The molecule has 0 aliphatic heterocycles. The Labute approximate surface area is 95.9 Å². The Morgan fingerprint density at radius 1 is 1.38 bits per heavy atom. The molecular formula is C11H20NO4+. The Hall–Kier alpha value is -1.36. The zero-order valence-corrected chi connectivity index (χ0v) is 10.3. The van der Waals surface area contributed by atoms with Crippen molar-refractivity contribution in [3.05, 3.63) is 12.2 Å². The van der Waals surface area contributed by atoms with E-state index in [-0.39, 0.29) is 12.0 Å². The highest BCUT2D eigenvalue weighted by molar-refractivity contribution is 5.87. The van der Waals surface area contributed by atoms with Gasteiger partial charge in [-0.1, -0.05) is 6.58 Å². The number of hydrogen-bond donors (Lipinski definition) is 1. The first-order chi connectivity index (χ1) is 7.11. The van der Waals surface area contributed by atoms with E-state index in [1.807, 2.05) is 21.1 Å². The molecule has 0 rings (SSSR count). The lowest BCUT2D eigenvalue weighted by Crippen LogP contribution is -2.43. The maximum atomic E-state index is 11.3. The molecule has 5 heteroatoms. The average molecular weight is 230 g/mol. The topological polar surface area (TPSA) is 63.6 Å². The molecule has 0 bridgehead atoms. The van der Waals surface area contributed by atoms with Gasteiger partial charge in [-0.2, -0.15) is 0 Å². The first-order valence-electron chi connectivity index (χ1n) is 5.00. The minimum absolute atomic E-state index is 0.186. The summed E-state index contributed by atoms with van der Waals surface area (Å²) in [5.74, 6) is -1.52. The van der Waals surface area contributed by atoms with Gasteiger partial charge in [-0.05, 0) is 6.92 Å². The zero-order valence-electron chi connectivity index (χ0n) is 10.3. The summed E-state index contributed by atoms with van der Waals surface area (Å²) in [6.07, 6.45) is -0.809. The summed E-state index contributed by atoms with van der Waals surface area (Å²) in [5, 5.41) is 8.71. The van der Waals surface area contributed by atoms with E-state index >= 15 is 0 Å². The van der Waals surface area contributed by atoms with Gasteiger partial charge < -0.3 is 14.3 Å². The Kier molecular flexibility index (Phi) is 5.17. The van der Waals surface area contributed by atoms with Gasteiger partial charge in [-0.3, -0.25) is 4.79 Å². The van der Waals surface area contributed by atoms with Crippen LogP contribution in [0.5, 0.6) is 0 Å². The standard InChI is InChI=1S/C11H19NO4/c1-8(2)11(15)16-9(6-10(13)14)7-12(3,4)5/h9H,1,6-7H2,2-5H3/p+1/t9-/m1/s1. The van der Waals surface area contributed by atoms with Crippen molar-refractivity contribution in [3.8, 4) is 0 Å². The summed E-state index contributed by atoms with van der Waals surface area (Å²) in [4.78, 5) is 21.9.